The third kappa shape index (κ3) is 2.73. The van der Waals surface area contributed by atoms with Gasteiger partial charge in [0, 0.05) is 13.1 Å². The van der Waals surface area contributed by atoms with Crippen molar-refractivity contribution in [3.63, 3.8) is 0 Å². The van der Waals surface area contributed by atoms with Crippen LogP contribution in [0.25, 0.3) is 0 Å². The van der Waals surface area contributed by atoms with Gasteiger partial charge in [-0.05, 0) is 24.5 Å². The van der Waals surface area contributed by atoms with Crippen LogP contribution in [0.2, 0.25) is 0 Å². The average Bonchev–Trinajstić information content (AvgIpc) is 3.16. The number of carbonyl (C=O) groups excluding carboxylic acids is 1. The number of hydrogen-bond donors (Lipinski definition) is 2. The highest BCUT2D eigenvalue weighted by Gasteiger charge is 2.51. The zero-order valence-electron chi connectivity index (χ0n) is 10.3. The lowest BCUT2D eigenvalue weighted by molar-refractivity contribution is -0.137. The lowest BCUT2D eigenvalue weighted by Crippen LogP contribution is -2.37. The molecule has 0 aliphatic heterocycles. The number of alkyl halides is 3. The molecule has 1 aromatic rings. The molecule has 6 heteroatoms. The fourth-order valence-corrected chi connectivity index (χ4v) is 2.12. The molecular formula is C13H15F3N2O. The maximum absolute atomic E-state index is 12.7. The number of nitrogens with two attached hydrogens (primary N) is 1. The Morgan fingerprint density at radius 1 is 1.37 bits per heavy atom. The van der Waals surface area contributed by atoms with Crippen LogP contribution < -0.4 is 11.1 Å². The van der Waals surface area contributed by atoms with Crippen molar-refractivity contribution in [2.45, 2.75) is 24.4 Å². The molecular weight excluding hydrogens is 257 g/mol. The molecule has 3 N–H and O–H groups in total. The number of halogens is 3. The summed E-state index contributed by atoms with van der Waals surface area (Å²) in [4.78, 5) is 12.0. The van der Waals surface area contributed by atoms with Gasteiger partial charge < -0.3 is 11.1 Å². The number of carbonyl (C=O) groups is 1. The van der Waals surface area contributed by atoms with Gasteiger partial charge in [-0.1, -0.05) is 18.2 Å². The van der Waals surface area contributed by atoms with Gasteiger partial charge in [-0.25, -0.2) is 0 Å². The van der Waals surface area contributed by atoms with Crippen LogP contribution in [0.3, 0.4) is 0 Å². The smallest absolute Gasteiger partial charge is 0.354 e. The molecule has 1 aliphatic rings. The second-order valence-corrected chi connectivity index (χ2v) is 4.71. The zero-order valence-corrected chi connectivity index (χ0v) is 10.3. The van der Waals surface area contributed by atoms with E-state index in [-0.39, 0.29) is 5.91 Å². The first-order valence-electron chi connectivity index (χ1n) is 6.06. The molecule has 104 valence electrons. The largest absolute Gasteiger partial charge is 0.416 e. The van der Waals surface area contributed by atoms with Crippen molar-refractivity contribution >= 4 is 5.91 Å². The van der Waals surface area contributed by atoms with E-state index in [1.165, 1.54) is 6.07 Å². The normalized spacial score (nSPS) is 17.1. The molecule has 0 unspecified atom stereocenters. The summed E-state index contributed by atoms with van der Waals surface area (Å²) in [6.45, 7) is 0.643. The van der Waals surface area contributed by atoms with Crippen LogP contribution in [0, 0.1) is 0 Å². The molecule has 1 aromatic carbocycles. The number of hydrogen-bond acceptors (Lipinski definition) is 2. The van der Waals surface area contributed by atoms with Crippen LogP contribution in [0.1, 0.15) is 24.0 Å². The lowest BCUT2D eigenvalue weighted by Gasteiger charge is -2.17. The van der Waals surface area contributed by atoms with Crippen molar-refractivity contribution in [3.8, 4) is 0 Å². The maximum Gasteiger partial charge on any atom is 0.416 e. The average molecular weight is 272 g/mol. The molecule has 0 saturated heterocycles. The highest BCUT2D eigenvalue weighted by molar-refractivity contribution is 5.91. The Hall–Kier alpha value is -1.56. The molecule has 1 saturated carbocycles. The minimum atomic E-state index is -4.39. The first kappa shape index (κ1) is 13.9. The van der Waals surface area contributed by atoms with Gasteiger partial charge in [-0.15, -0.1) is 0 Å². The summed E-state index contributed by atoms with van der Waals surface area (Å²) in [6, 6.07) is 4.99. The molecule has 2 rings (SSSR count). The van der Waals surface area contributed by atoms with E-state index in [9.17, 15) is 18.0 Å². The van der Waals surface area contributed by atoms with E-state index < -0.39 is 17.2 Å². The third-order valence-electron chi connectivity index (χ3n) is 3.36. The molecule has 19 heavy (non-hydrogen) atoms. The molecule has 1 fully saturated rings. The van der Waals surface area contributed by atoms with Crippen LogP contribution in [0.15, 0.2) is 24.3 Å². The Morgan fingerprint density at radius 3 is 2.58 bits per heavy atom. The van der Waals surface area contributed by atoms with Gasteiger partial charge in [0.15, 0.2) is 0 Å². The van der Waals surface area contributed by atoms with Crippen molar-refractivity contribution in [1.29, 1.82) is 0 Å². The minimum absolute atomic E-state index is 0.239. The molecule has 0 aromatic heterocycles. The molecule has 0 spiro atoms. The Labute approximate surface area is 109 Å². The summed E-state index contributed by atoms with van der Waals surface area (Å²) < 4.78 is 38.0. The van der Waals surface area contributed by atoms with Gasteiger partial charge in [0.25, 0.3) is 0 Å². The summed E-state index contributed by atoms with van der Waals surface area (Å²) in [5, 5.41) is 2.65. The third-order valence-corrected chi connectivity index (χ3v) is 3.36. The molecule has 0 heterocycles. The molecule has 3 nitrogen and oxygen atoms in total. The minimum Gasteiger partial charge on any atom is -0.354 e. The van der Waals surface area contributed by atoms with Crippen molar-refractivity contribution in [1.82, 2.24) is 5.32 Å². The topological polar surface area (TPSA) is 55.1 Å². The van der Waals surface area contributed by atoms with Crippen LogP contribution in [-0.4, -0.2) is 19.0 Å². The molecule has 1 amide bonds. The first-order valence-corrected chi connectivity index (χ1v) is 6.06. The maximum atomic E-state index is 12.7. The number of nitrogens with one attached hydrogen (secondary N) is 1. The van der Waals surface area contributed by atoms with Crippen LogP contribution in [0.4, 0.5) is 13.2 Å². The van der Waals surface area contributed by atoms with Gasteiger partial charge in [0.1, 0.15) is 0 Å². The van der Waals surface area contributed by atoms with E-state index >= 15 is 0 Å². The SMILES string of the molecule is NCCNC(=O)C1(c2cccc(C(F)(F)F)c2)CC1. The summed E-state index contributed by atoms with van der Waals surface area (Å²) >= 11 is 0. The van der Waals surface area contributed by atoms with E-state index in [0.29, 0.717) is 31.5 Å². The molecule has 0 atom stereocenters. The van der Waals surface area contributed by atoms with Crippen LogP contribution in [-0.2, 0) is 16.4 Å². The number of rotatable bonds is 4. The molecule has 1 aliphatic carbocycles. The van der Waals surface area contributed by atoms with Gasteiger partial charge >= 0.3 is 6.18 Å². The second-order valence-electron chi connectivity index (χ2n) is 4.71. The van der Waals surface area contributed by atoms with E-state index in [2.05, 4.69) is 5.32 Å². The Morgan fingerprint density at radius 2 is 2.05 bits per heavy atom. The highest BCUT2D eigenvalue weighted by Crippen LogP contribution is 2.49. The Bertz CT molecular complexity index is 481. The van der Waals surface area contributed by atoms with Gasteiger partial charge in [-0.3, -0.25) is 4.79 Å². The summed E-state index contributed by atoms with van der Waals surface area (Å²) in [5.74, 6) is -0.239. The Balaban J connectivity index is 2.24. The van der Waals surface area contributed by atoms with Gasteiger partial charge in [0.2, 0.25) is 5.91 Å². The monoisotopic (exact) mass is 272 g/mol. The summed E-state index contributed by atoms with van der Waals surface area (Å²) in [6.07, 6.45) is -3.24. The van der Waals surface area contributed by atoms with Crippen molar-refractivity contribution in [3.05, 3.63) is 35.4 Å². The summed E-state index contributed by atoms with van der Waals surface area (Å²) in [7, 11) is 0. The highest BCUT2D eigenvalue weighted by atomic mass is 19.4. The van der Waals surface area contributed by atoms with Crippen molar-refractivity contribution in [2.75, 3.05) is 13.1 Å². The zero-order chi connectivity index (χ0) is 14.1. The number of amides is 1. The molecule has 0 bridgehead atoms. The van der Waals surface area contributed by atoms with Crippen molar-refractivity contribution < 1.29 is 18.0 Å². The quantitative estimate of drug-likeness (QED) is 0.878. The van der Waals surface area contributed by atoms with Crippen LogP contribution in [0.5, 0.6) is 0 Å². The van der Waals surface area contributed by atoms with Gasteiger partial charge in [-0.2, -0.15) is 13.2 Å². The van der Waals surface area contributed by atoms with E-state index in [4.69, 9.17) is 5.73 Å². The van der Waals surface area contributed by atoms with Crippen molar-refractivity contribution in [2.24, 2.45) is 5.73 Å². The fourth-order valence-electron chi connectivity index (χ4n) is 2.12. The predicted molar refractivity (Wildman–Crippen MR) is 64.4 cm³/mol. The van der Waals surface area contributed by atoms with E-state index in [1.54, 1.807) is 6.07 Å². The molecule has 0 radical (unpaired) electrons. The lowest BCUT2D eigenvalue weighted by atomic mass is 9.93. The van der Waals surface area contributed by atoms with E-state index in [1.807, 2.05) is 0 Å². The standard InChI is InChI=1S/C13H15F3N2O/c14-13(15,16)10-3-1-2-9(8-10)12(4-5-12)11(19)18-7-6-17/h1-3,8H,4-7,17H2,(H,18,19). The first-order chi connectivity index (χ1) is 8.90. The summed E-state index contributed by atoms with van der Waals surface area (Å²) in [5.41, 5.74) is 4.21. The fraction of sp³-hybridized carbons (Fsp3) is 0.462. The van der Waals surface area contributed by atoms with Gasteiger partial charge in [0.05, 0.1) is 11.0 Å². The number of benzene rings is 1. The van der Waals surface area contributed by atoms with E-state index in [0.717, 1.165) is 12.1 Å². The van der Waals surface area contributed by atoms with Crippen LogP contribution >= 0.6 is 0 Å². The second kappa shape index (κ2) is 4.85. The Kier molecular flexibility index (Phi) is 3.54. The predicted octanol–water partition coefficient (Wildman–Crippen LogP) is 1.81.